The molecular weight excluding hydrogens is 342 g/mol. The second kappa shape index (κ2) is 12.1. The molecule has 2 aliphatic heterocycles. The van der Waals surface area contributed by atoms with Crippen molar-refractivity contribution >= 4 is 12.1 Å². The number of ether oxygens (including phenoxy) is 1. The van der Waals surface area contributed by atoms with Gasteiger partial charge in [-0.3, -0.25) is 4.99 Å². The van der Waals surface area contributed by atoms with E-state index >= 15 is 0 Å². The number of hydrogen-bond donors (Lipinski definition) is 2. The summed E-state index contributed by atoms with van der Waals surface area (Å²) in [6, 6.07) is 0.353. The number of nitrogens with one attached hydrogen (secondary N) is 2. The third-order valence-electron chi connectivity index (χ3n) is 5.29. The highest BCUT2D eigenvalue weighted by molar-refractivity contribution is 5.80. The second-order valence-corrected chi connectivity index (χ2v) is 7.79. The van der Waals surface area contributed by atoms with Crippen LogP contribution in [-0.4, -0.2) is 80.3 Å². The largest absolute Gasteiger partial charge is 0.450 e. The third-order valence-corrected chi connectivity index (χ3v) is 5.29. The SMILES string of the molecule is CCNC(=NCC(C)CN1CCCCC1)NC1CCN(C(=O)OCC)CC1. The minimum atomic E-state index is -0.192. The van der Waals surface area contributed by atoms with Crippen LogP contribution in [0, 0.1) is 5.92 Å². The van der Waals surface area contributed by atoms with Crippen LogP contribution in [0.15, 0.2) is 4.99 Å². The molecule has 0 saturated carbocycles. The van der Waals surface area contributed by atoms with Gasteiger partial charge in [0.15, 0.2) is 5.96 Å². The number of likely N-dealkylation sites (tertiary alicyclic amines) is 2. The predicted molar refractivity (Wildman–Crippen MR) is 110 cm³/mol. The van der Waals surface area contributed by atoms with Crippen molar-refractivity contribution in [3.8, 4) is 0 Å². The van der Waals surface area contributed by atoms with Crippen LogP contribution < -0.4 is 10.6 Å². The number of nitrogens with zero attached hydrogens (tertiary/aromatic N) is 3. The van der Waals surface area contributed by atoms with E-state index in [2.05, 4.69) is 29.4 Å². The maximum Gasteiger partial charge on any atom is 0.409 e. The average molecular weight is 382 g/mol. The van der Waals surface area contributed by atoms with Crippen LogP contribution >= 0.6 is 0 Å². The van der Waals surface area contributed by atoms with Crippen molar-refractivity contribution < 1.29 is 9.53 Å². The van der Waals surface area contributed by atoms with Gasteiger partial charge in [0.1, 0.15) is 0 Å². The van der Waals surface area contributed by atoms with E-state index < -0.39 is 0 Å². The highest BCUT2D eigenvalue weighted by atomic mass is 16.6. The standard InChI is InChI=1S/C20H39N5O2/c1-4-21-19(22-15-17(3)16-24-11-7-6-8-12-24)23-18-9-13-25(14-10-18)20(26)27-5-2/h17-18H,4-16H2,1-3H3,(H2,21,22,23). The third kappa shape index (κ3) is 7.95. The van der Waals surface area contributed by atoms with E-state index in [4.69, 9.17) is 9.73 Å². The highest BCUT2D eigenvalue weighted by Gasteiger charge is 2.24. The van der Waals surface area contributed by atoms with Crippen LogP contribution in [0.4, 0.5) is 4.79 Å². The molecule has 0 aromatic carbocycles. The maximum atomic E-state index is 11.8. The lowest BCUT2D eigenvalue weighted by Crippen LogP contribution is -2.50. The summed E-state index contributed by atoms with van der Waals surface area (Å²) in [6.07, 6.45) is 5.71. The smallest absolute Gasteiger partial charge is 0.409 e. The van der Waals surface area contributed by atoms with Gasteiger partial charge in [-0.2, -0.15) is 0 Å². The molecule has 0 radical (unpaired) electrons. The van der Waals surface area contributed by atoms with E-state index in [9.17, 15) is 4.79 Å². The Morgan fingerprint density at radius 1 is 1.15 bits per heavy atom. The Bertz CT molecular complexity index is 457. The molecule has 27 heavy (non-hydrogen) atoms. The van der Waals surface area contributed by atoms with Crippen LogP contribution in [-0.2, 0) is 4.74 Å². The number of carbonyl (C=O) groups excluding carboxylic acids is 1. The van der Waals surface area contributed by atoms with E-state index in [1.807, 2.05) is 6.92 Å². The minimum Gasteiger partial charge on any atom is -0.450 e. The lowest BCUT2D eigenvalue weighted by atomic mass is 10.1. The fourth-order valence-corrected chi connectivity index (χ4v) is 3.82. The van der Waals surface area contributed by atoms with Gasteiger partial charge < -0.3 is 25.2 Å². The summed E-state index contributed by atoms with van der Waals surface area (Å²) < 4.78 is 5.09. The van der Waals surface area contributed by atoms with Gasteiger partial charge >= 0.3 is 6.09 Å². The van der Waals surface area contributed by atoms with Gasteiger partial charge in [0.05, 0.1) is 6.61 Å². The first kappa shape index (κ1) is 21.8. The molecule has 7 heteroatoms. The zero-order valence-electron chi connectivity index (χ0n) is 17.5. The van der Waals surface area contributed by atoms with E-state index in [1.54, 1.807) is 4.90 Å². The monoisotopic (exact) mass is 381 g/mol. The zero-order valence-corrected chi connectivity index (χ0v) is 17.5. The van der Waals surface area contributed by atoms with E-state index in [1.165, 1.54) is 32.4 Å². The molecule has 0 aliphatic carbocycles. The van der Waals surface area contributed by atoms with Gasteiger partial charge in [0.25, 0.3) is 0 Å². The van der Waals surface area contributed by atoms with E-state index in [0.29, 0.717) is 18.6 Å². The highest BCUT2D eigenvalue weighted by Crippen LogP contribution is 2.12. The number of piperidine rings is 2. The number of amides is 1. The maximum absolute atomic E-state index is 11.8. The van der Waals surface area contributed by atoms with E-state index in [0.717, 1.165) is 51.5 Å². The fraction of sp³-hybridized carbons (Fsp3) is 0.900. The van der Waals surface area contributed by atoms with Gasteiger partial charge in [0.2, 0.25) is 0 Å². The lowest BCUT2D eigenvalue weighted by molar-refractivity contribution is 0.0963. The van der Waals surface area contributed by atoms with Crippen molar-refractivity contribution in [3.63, 3.8) is 0 Å². The Hall–Kier alpha value is -1.50. The molecule has 1 amide bonds. The molecule has 1 unspecified atom stereocenters. The molecule has 0 aromatic rings. The number of rotatable bonds is 7. The molecule has 2 N–H and O–H groups in total. The molecule has 0 spiro atoms. The van der Waals surface area contributed by atoms with Crippen molar-refractivity contribution in [3.05, 3.63) is 0 Å². The number of carbonyl (C=O) groups is 1. The molecule has 2 heterocycles. The molecule has 2 saturated heterocycles. The molecule has 7 nitrogen and oxygen atoms in total. The Labute approximate surface area is 164 Å². The summed E-state index contributed by atoms with van der Waals surface area (Å²) in [6.45, 7) is 13.5. The van der Waals surface area contributed by atoms with Gasteiger partial charge in [0, 0.05) is 38.8 Å². The van der Waals surface area contributed by atoms with Crippen LogP contribution in [0.3, 0.4) is 0 Å². The fourth-order valence-electron chi connectivity index (χ4n) is 3.82. The van der Waals surface area contributed by atoms with Crippen molar-refractivity contribution in [2.45, 2.75) is 58.9 Å². The van der Waals surface area contributed by atoms with Gasteiger partial charge in [-0.1, -0.05) is 13.3 Å². The summed E-state index contributed by atoms with van der Waals surface area (Å²) >= 11 is 0. The molecule has 2 aliphatic rings. The van der Waals surface area contributed by atoms with Crippen molar-refractivity contribution in [2.24, 2.45) is 10.9 Å². The van der Waals surface area contributed by atoms with E-state index in [-0.39, 0.29) is 6.09 Å². The second-order valence-electron chi connectivity index (χ2n) is 7.79. The summed E-state index contributed by atoms with van der Waals surface area (Å²) in [5.41, 5.74) is 0. The predicted octanol–water partition coefficient (Wildman–Crippen LogP) is 2.28. The summed E-state index contributed by atoms with van der Waals surface area (Å²) in [5.74, 6) is 1.46. The molecule has 1 atom stereocenters. The summed E-state index contributed by atoms with van der Waals surface area (Å²) in [7, 11) is 0. The molecule has 156 valence electrons. The molecule has 0 aromatic heterocycles. The first-order valence-corrected chi connectivity index (χ1v) is 10.8. The number of guanidine groups is 1. The lowest BCUT2D eigenvalue weighted by Gasteiger charge is -2.32. The number of aliphatic imine (C=N–C) groups is 1. The first-order chi connectivity index (χ1) is 13.1. The normalized spacial score (nSPS) is 21.0. The number of hydrogen-bond acceptors (Lipinski definition) is 4. The first-order valence-electron chi connectivity index (χ1n) is 10.8. The van der Waals surface area contributed by atoms with Gasteiger partial charge in [-0.25, -0.2) is 4.79 Å². The van der Waals surface area contributed by atoms with Crippen LogP contribution in [0.25, 0.3) is 0 Å². The zero-order chi connectivity index (χ0) is 19.5. The Morgan fingerprint density at radius 2 is 1.85 bits per heavy atom. The molecular formula is C20H39N5O2. The van der Waals surface area contributed by atoms with Gasteiger partial charge in [-0.05, 0) is 58.5 Å². The molecule has 0 bridgehead atoms. The molecule has 2 rings (SSSR count). The van der Waals surface area contributed by atoms with Crippen LogP contribution in [0.2, 0.25) is 0 Å². The van der Waals surface area contributed by atoms with Gasteiger partial charge in [-0.15, -0.1) is 0 Å². The minimum absolute atomic E-state index is 0.192. The van der Waals surface area contributed by atoms with Crippen molar-refractivity contribution in [1.82, 2.24) is 20.4 Å². The average Bonchev–Trinajstić information content (AvgIpc) is 2.68. The van der Waals surface area contributed by atoms with Crippen LogP contribution in [0.5, 0.6) is 0 Å². The van der Waals surface area contributed by atoms with Crippen molar-refractivity contribution in [2.75, 3.05) is 52.4 Å². The van der Waals surface area contributed by atoms with Crippen molar-refractivity contribution in [1.29, 1.82) is 0 Å². The molecule has 2 fully saturated rings. The Kier molecular flexibility index (Phi) is 9.73. The summed E-state index contributed by atoms with van der Waals surface area (Å²) in [5, 5.41) is 6.92. The summed E-state index contributed by atoms with van der Waals surface area (Å²) in [4.78, 5) is 21.0. The topological polar surface area (TPSA) is 69.2 Å². The Morgan fingerprint density at radius 3 is 2.48 bits per heavy atom. The van der Waals surface area contributed by atoms with Crippen LogP contribution in [0.1, 0.15) is 52.9 Å². The Balaban J connectivity index is 1.75. The quantitative estimate of drug-likeness (QED) is 0.523.